The molecule has 0 radical (unpaired) electrons. The van der Waals surface area contributed by atoms with Crippen LogP contribution in [0.15, 0.2) is 23.1 Å². The number of esters is 1. The summed E-state index contributed by atoms with van der Waals surface area (Å²) in [5.41, 5.74) is -0.225. The van der Waals surface area contributed by atoms with E-state index in [1.54, 1.807) is 13.8 Å². The van der Waals surface area contributed by atoms with E-state index in [0.717, 1.165) is 18.2 Å². The molecule has 1 rings (SSSR count). The number of carbonyl (C=O) groups is 1. The first kappa shape index (κ1) is 16.5. The predicted octanol–water partition coefficient (Wildman–Crippen LogP) is 1.05. The Morgan fingerprint density at radius 2 is 2.05 bits per heavy atom. The van der Waals surface area contributed by atoms with Gasteiger partial charge in [0.2, 0.25) is 10.0 Å². The highest BCUT2D eigenvalue weighted by Gasteiger charge is 2.17. The summed E-state index contributed by atoms with van der Waals surface area (Å²) < 4.78 is 45.7. The number of hydrogen-bond donors (Lipinski definition) is 1. The molecule has 0 saturated heterocycles. The zero-order valence-corrected chi connectivity index (χ0v) is 11.9. The fourth-order valence-corrected chi connectivity index (χ4v) is 1.98. The molecule has 112 valence electrons. The molecule has 2 N–H and O–H groups in total. The smallest absolute Gasteiger partial charge is 0.338 e. The molecule has 0 aliphatic rings. The number of carbonyl (C=O) groups excluding carboxylic acids is 1. The molecule has 6 nitrogen and oxygen atoms in total. The Balaban J connectivity index is 2.91. The second-order valence-corrected chi connectivity index (χ2v) is 5.66. The van der Waals surface area contributed by atoms with Crippen LogP contribution < -0.4 is 5.14 Å². The van der Waals surface area contributed by atoms with Crippen molar-refractivity contribution in [3.05, 3.63) is 29.6 Å². The Kier molecular flexibility index (Phi) is 5.61. The fraction of sp³-hybridized carbons (Fsp3) is 0.417. The average Bonchev–Trinajstić information content (AvgIpc) is 2.34. The van der Waals surface area contributed by atoms with Gasteiger partial charge >= 0.3 is 5.97 Å². The van der Waals surface area contributed by atoms with Crippen molar-refractivity contribution in [2.24, 2.45) is 5.14 Å². The third kappa shape index (κ3) is 4.87. The van der Waals surface area contributed by atoms with Crippen LogP contribution in [0.4, 0.5) is 4.39 Å². The van der Waals surface area contributed by atoms with E-state index in [9.17, 15) is 17.6 Å². The molecule has 1 atom stereocenters. The number of benzene rings is 1. The standard InChI is InChI=1S/C12H16FNO5S/c1-3-18-7-8(2)19-12(15)9-4-10(13)6-11(5-9)20(14,16)17/h4-6,8H,3,7H2,1-2H3,(H2,14,16,17). The maximum Gasteiger partial charge on any atom is 0.338 e. The third-order valence-corrected chi connectivity index (χ3v) is 3.19. The van der Waals surface area contributed by atoms with Crippen molar-refractivity contribution >= 4 is 16.0 Å². The first-order chi connectivity index (χ1) is 9.24. The maximum absolute atomic E-state index is 13.3. The normalized spacial score (nSPS) is 13.0. The molecule has 1 aromatic carbocycles. The van der Waals surface area contributed by atoms with Crippen LogP contribution in [0.5, 0.6) is 0 Å². The van der Waals surface area contributed by atoms with Gasteiger partial charge in [-0.25, -0.2) is 22.7 Å². The number of sulfonamides is 1. The van der Waals surface area contributed by atoms with E-state index in [-0.39, 0.29) is 12.2 Å². The van der Waals surface area contributed by atoms with Crippen LogP contribution in [0.2, 0.25) is 0 Å². The van der Waals surface area contributed by atoms with Gasteiger partial charge in [-0.1, -0.05) is 0 Å². The molecular formula is C12H16FNO5S. The molecule has 0 aliphatic carbocycles. The molecule has 1 aromatic rings. The highest BCUT2D eigenvalue weighted by atomic mass is 32.2. The molecule has 0 saturated carbocycles. The Morgan fingerprint density at radius 3 is 2.60 bits per heavy atom. The molecule has 0 heterocycles. The highest BCUT2D eigenvalue weighted by Crippen LogP contribution is 2.14. The van der Waals surface area contributed by atoms with Crippen molar-refractivity contribution in [1.29, 1.82) is 0 Å². The lowest BCUT2D eigenvalue weighted by molar-refractivity contribution is 0.00433. The van der Waals surface area contributed by atoms with Crippen LogP contribution in [0.25, 0.3) is 0 Å². The number of rotatable bonds is 6. The molecule has 0 bridgehead atoms. The number of ether oxygens (including phenoxy) is 2. The van der Waals surface area contributed by atoms with Crippen LogP contribution in [0.1, 0.15) is 24.2 Å². The summed E-state index contributed by atoms with van der Waals surface area (Å²) in [6, 6.07) is 2.58. The van der Waals surface area contributed by atoms with Crippen molar-refractivity contribution in [3.8, 4) is 0 Å². The maximum atomic E-state index is 13.3. The minimum Gasteiger partial charge on any atom is -0.457 e. The van der Waals surface area contributed by atoms with E-state index >= 15 is 0 Å². The van der Waals surface area contributed by atoms with E-state index in [4.69, 9.17) is 14.6 Å². The summed E-state index contributed by atoms with van der Waals surface area (Å²) >= 11 is 0. The van der Waals surface area contributed by atoms with Gasteiger partial charge in [-0.3, -0.25) is 0 Å². The SMILES string of the molecule is CCOCC(C)OC(=O)c1cc(F)cc(S(N)(=O)=O)c1. The van der Waals surface area contributed by atoms with Crippen LogP contribution >= 0.6 is 0 Å². The molecule has 8 heteroatoms. The van der Waals surface area contributed by atoms with E-state index in [2.05, 4.69) is 0 Å². The lowest BCUT2D eigenvalue weighted by atomic mass is 10.2. The van der Waals surface area contributed by atoms with Crippen molar-refractivity contribution < 1.29 is 27.1 Å². The predicted molar refractivity (Wildman–Crippen MR) is 69.1 cm³/mol. The first-order valence-electron chi connectivity index (χ1n) is 5.86. The van der Waals surface area contributed by atoms with Gasteiger partial charge < -0.3 is 9.47 Å². The molecule has 1 unspecified atom stereocenters. The lowest BCUT2D eigenvalue weighted by Crippen LogP contribution is -2.21. The molecular weight excluding hydrogens is 289 g/mol. The van der Waals surface area contributed by atoms with E-state index < -0.39 is 32.8 Å². The van der Waals surface area contributed by atoms with Gasteiger partial charge in [0.25, 0.3) is 0 Å². The van der Waals surface area contributed by atoms with Crippen LogP contribution in [0, 0.1) is 5.82 Å². The second kappa shape index (κ2) is 6.78. The quantitative estimate of drug-likeness (QED) is 0.793. The van der Waals surface area contributed by atoms with Gasteiger partial charge in [-0.05, 0) is 32.0 Å². The Morgan fingerprint density at radius 1 is 1.40 bits per heavy atom. The number of halogens is 1. The summed E-state index contributed by atoms with van der Waals surface area (Å²) in [6.07, 6.45) is -0.538. The molecule has 0 aromatic heterocycles. The van der Waals surface area contributed by atoms with Gasteiger partial charge in [0.15, 0.2) is 0 Å². The van der Waals surface area contributed by atoms with E-state index in [0.29, 0.717) is 6.61 Å². The molecule has 20 heavy (non-hydrogen) atoms. The summed E-state index contributed by atoms with van der Waals surface area (Å²) in [6.45, 7) is 4.06. The van der Waals surface area contributed by atoms with Gasteiger partial charge in [0.1, 0.15) is 11.9 Å². The van der Waals surface area contributed by atoms with Gasteiger partial charge in [0, 0.05) is 6.61 Å². The number of primary sulfonamides is 1. The van der Waals surface area contributed by atoms with E-state index in [1.807, 2.05) is 0 Å². The molecule has 0 spiro atoms. The summed E-state index contributed by atoms with van der Waals surface area (Å²) in [5, 5.41) is 4.90. The van der Waals surface area contributed by atoms with Gasteiger partial charge in [-0.15, -0.1) is 0 Å². The summed E-state index contributed by atoms with van der Waals surface area (Å²) in [7, 11) is -4.10. The monoisotopic (exact) mass is 305 g/mol. The van der Waals surface area contributed by atoms with Crippen molar-refractivity contribution in [2.75, 3.05) is 13.2 Å². The molecule has 0 amide bonds. The highest BCUT2D eigenvalue weighted by molar-refractivity contribution is 7.89. The van der Waals surface area contributed by atoms with Gasteiger partial charge in [-0.2, -0.15) is 0 Å². The Labute approximate surface area is 116 Å². The number of nitrogens with two attached hydrogens (primary N) is 1. The third-order valence-electron chi connectivity index (χ3n) is 2.30. The topological polar surface area (TPSA) is 95.7 Å². The summed E-state index contributed by atoms with van der Waals surface area (Å²) in [4.78, 5) is 11.3. The van der Waals surface area contributed by atoms with Gasteiger partial charge in [0.05, 0.1) is 17.1 Å². The zero-order valence-electron chi connectivity index (χ0n) is 11.1. The van der Waals surface area contributed by atoms with Crippen LogP contribution in [-0.2, 0) is 19.5 Å². The summed E-state index contributed by atoms with van der Waals surface area (Å²) in [5.74, 6) is -1.73. The average molecular weight is 305 g/mol. The number of hydrogen-bond acceptors (Lipinski definition) is 5. The Hall–Kier alpha value is -1.51. The molecule has 0 fully saturated rings. The Bertz CT molecular complexity index is 588. The fourth-order valence-electron chi connectivity index (χ4n) is 1.41. The van der Waals surface area contributed by atoms with Crippen molar-refractivity contribution in [3.63, 3.8) is 0 Å². The lowest BCUT2D eigenvalue weighted by Gasteiger charge is -2.13. The second-order valence-electron chi connectivity index (χ2n) is 4.10. The largest absolute Gasteiger partial charge is 0.457 e. The zero-order chi connectivity index (χ0) is 15.3. The van der Waals surface area contributed by atoms with Crippen molar-refractivity contribution in [2.45, 2.75) is 24.8 Å². The van der Waals surface area contributed by atoms with E-state index in [1.165, 1.54) is 0 Å². The molecule has 0 aliphatic heterocycles. The van der Waals surface area contributed by atoms with Crippen LogP contribution in [-0.4, -0.2) is 33.7 Å². The van der Waals surface area contributed by atoms with Crippen LogP contribution in [0.3, 0.4) is 0 Å². The minimum absolute atomic E-state index is 0.194. The minimum atomic E-state index is -4.10. The van der Waals surface area contributed by atoms with Crippen molar-refractivity contribution in [1.82, 2.24) is 0 Å². The first-order valence-corrected chi connectivity index (χ1v) is 7.40.